The molecule has 2 aliphatic rings. The number of nitrogens with zero attached hydrogens (tertiary/aromatic N) is 6. The number of piperazine rings is 1. The normalized spacial score (nSPS) is 15.9. The van der Waals surface area contributed by atoms with Crippen LogP contribution in [0.15, 0.2) is 73.2 Å². The molecule has 0 spiro atoms. The van der Waals surface area contributed by atoms with Gasteiger partial charge in [0.25, 0.3) is 0 Å². The number of aryl methyl sites for hydroxylation is 1. The molecule has 2 fully saturated rings. The van der Waals surface area contributed by atoms with Crippen LogP contribution in [0.1, 0.15) is 18.7 Å². The molecular weight excluding hydrogens is 476 g/mol. The molecule has 38 heavy (non-hydrogen) atoms. The van der Waals surface area contributed by atoms with E-state index in [1.807, 2.05) is 49.8 Å². The molecule has 2 aromatic heterocycles. The molecule has 9 heteroatoms. The second kappa shape index (κ2) is 10.6. The smallest absolute Gasteiger partial charge is 0.227 e. The summed E-state index contributed by atoms with van der Waals surface area (Å²) in [6.07, 6.45) is 7.60. The van der Waals surface area contributed by atoms with Crippen LogP contribution in [0.2, 0.25) is 0 Å². The fourth-order valence-electron chi connectivity index (χ4n) is 4.69. The summed E-state index contributed by atoms with van der Waals surface area (Å²) in [6.45, 7) is 4.90. The molecule has 2 N–H and O–H groups in total. The Morgan fingerprint density at radius 2 is 1.63 bits per heavy atom. The summed E-state index contributed by atoms with van der Waals surface area (Å²) in [4.78, 5) is 30.4. The molecule has 0 radical (unpaired) electrons. The van der Waals surface area contributed by atoms with E-state index >= 15 is 0 Å². The second-order valence-corrected chi connectivity index (χ2v) is 10.00. The lowest BCUT2D eigenvalue weighted by Gasteiger charge is -2.36. The Bertz CT molecular complexity index is 1390. The molecule has 1 saturated heterocycles. The average Bonchev–Trinajstić information content (AvgIpc) is 3.73. The van der Waals surface area contributed by atoms with Crippen molar-refractivity contribution >= 4 is 28.9 Å². The lowest BCUT2D eigenvalue weighted by Crippen LogP contribution is -2.46. The highest BCUT2D eigenvalue weighted by Gasteiger charge is 2.29. The van der Waals surface area contributed by atoms with Crippen LogP contribution in [-0.2, 0) is 18.4 Å². The lowest BCUT2D eigenvalue weighted by atomic mass is 10.1. The van der Waals surface area contributed by atoms with Crippen LogP contribution in [0.5, 0.6) is 0 Å². The summed E-state index contributed by atoms with van der Waals surface area (Å²) in [5.74, 6) is 1.95. The van der Waals surface area contributed by atoms with Gasteiger partial charge in [-0.05, 0) is 55.3 Å². The predicted octanol–water partition coefficient (Wildman–Crippen LogP) is 4.29. The zero-order valence-corrected chi connectivity index (χ0v) is 21.5. The first-order valence-electron chi connectivity index (χ1n) is 13.2. The number of benzene rings is 2. The van der Waals surface area contributed by atoms with Gasteiger partial charge in [-0.2, -0.15) is 0 Å². The van der Waals surface area contributed by atoms with E-state index in [0.29, 0.717) is 5.95 Å². The first kappa shape index (κ1) is 24.1. The third-order valence-corrected chi connectivity index (χ3v) is 7.20. The number of carbonyl (C=O) groups excluding carboxylic acids is 1. The Balaban J connectivity index is 1.04. The Morgan fingerprint density at radius 3 is 2.32 bits per heavy atom. The Hall–Kier alpha value is -4.24. The quantitative estimate of drug-likeness (QED) is 0.367. The molecule has 194 valence electrons. The first-order chi connectivity index (χ1) is 18.6. The maximum absolute atomic E-state index is 12.0. The Labute approximate surface area is 222 Å². The maximum Gasteiger partial charge on any atom is 0.227 e. The van der Waals surface area contributed by atoms with Crippen LogP contribution in [0.4, 0.5) is 23.0 Å². The van der Waals surface area contributed by atoms with Gasteiger partial charge in [0.05, 0.1) is 12.2 Å². The van der Waals surface area contributed by atoms with Crippen molar-refractivity contribution in [1.29, 1.82) is 0 Å². The van der Waals surface area contributed by atoms with Gasteiger partial charge in [0.1, 0.15) is 5.82 Å². The van der Waals surface area contributed by atoms with E-state index in [1.165, 1.54) is 5.69 Å². The molecule has 4 aromatic rings. The predicted molar refractivity (Wildman–Crippen MR) is 149 cm³/mol. The third-order valence-electron chi connectivity index (χ3n) is 7.20. The maximum atomic E-state index is 12.0. The SMILES string of the molecule is Cn1ccnc1CN1CCN(c2ccc(Nc3nccc(-c4ccc(NC(=O)C5CC5)cc4)n3)cc2)CC1. The zero-order valence-electron chi connectivity index (χ0n) is 21.5. The van der Waals surface area contributed by atoms with Crippen LogP contribution in [-0.4, -0.2) is 56.5 Å². The van der Waals surface area contributed by atoms with Gasteiger partial charge in [-0.1, -0.05) is 12.1 Å². The van der Waals surface area contributed by atoms with Crippen molar-refractivity contribution in [2.75, 3.05) is 41.7 Å². The van der Waals surface area contributed by atoms with Crippen molar-refractivity contribution in [2.24, 2.45) is 13.0 Å². The molecule has 1 saturated carbocycles. The van der Waals surface area contributed by atoms with E-state index in [4.69, 9.17) is 4.98 Å². The standard InChI is InChI=1S/C29H32N8O/c1-35-15-14-30-27(35)20-36-16-18-37(19-17-36)25-10-8-24(9-11-25)33-29-31-13-12-26(34-29)21-4-6-23(7-5-21)32-28(38)22-2-3-22/h4-15,22H,2-3,16-20H2,1H3,(H,32,38)(H,31,33,34). The minimum atomic E-state index is 0.111. The fourth-order valence-corrected chi connectivity index (χ4v) is 4.69. The number of imidazole rings is 1. The van der Waals surface area contributed by atoms with Gasteiger partial charge in [0.2, 0.25) is 11.9 Å². The molecule has 0 bridgehead atoms. The molecule has 1 aliphatic carbocycles. The number of aromatic nitrogens is 4. The van der Waals surface area contributed by atoms with E-state index in [2.05, 4.69) is 59.2 Å². The second-order valence-electron chi connectivity index (χ2n) is 10.00. The lowest BCUT2D eigenvalue weighted by molar-refractivity contribution is -0.117. The van der Waals surface area contributed by atoms with E-state index in [0.717, 1.165) is 74.0 Å². The number of hydrogen-bond acceptors (Lipinski definition) is 7. The monoisotopic (exact) mass is 508 g/mol. The van der Waals surface area contributed by atoms with Crippen molar-refractivity contribution < 1.29 is 4.79 Å². The summed E-state index contributed by atoms with van der Waals surface area (Å²) in [6, 6.07) is 18.1. The minimum absolute atomic E-state index is 0.111. The highest BCUT2D eigenvalue weighted by molar-refractivity contribution is 5.94. The molecule has 2 aromatic carbocycles. The highest BCUT2D eigenvalue weighted by Crippen LogP contribution is 2.30. The Morgan fingerprint density at radius 1 is 0.895 bits per heavy atom. The molecule has 1 amide bonds. The van der Waals surface area contributed by atoms with Gasteiger partial charge < -0.3 is 20.1 Å². The Kier molecular flexibility index (Phi) is 6.75. The summed E-state index contributed by atoms with van der Waals surface area (Å²) in [7, 11) is 2.05. The summed E-state index contributed by atoms with van der Waals surface area (Å²) < 4.78 is 2.09. The number of anilines is 4. The van der Waals surface area contributed by atoms with E-state index in [1.54, 1.807) is 6.20 Å². The highest BCUT2D eigenvalue weighted by atomic mass is 16.2. The van der Waals surface area contributed by atoms with Crippen molar-refractivity contribution in [3.63, 3.8) is 0 Å². The fraction of sp³-hybridized carbons (Fsp3) is 0.310. The average molecular weight is 509 g/mol. The first-order valence-corrected chi connectivity index (χ1v) is 13.2. The van der Waals surface area contributed by atoms with Crippen molar-refractivity contribution in [2.45, 2.75) is 19.4 Å². The van der Waals surface area contributed by atoms with Gasteiger partial charge in [0, 0.05) is 80.4 Å². The number of carbonyl (C=O) groups is 1. The van der Waals surface area contributed by atoms with E-state index in [9.17, 15) is 4.79 Å². The van der Waals surface area contributed by atoms with E-state index < -0.39 is 0 Å². The third kappa shape index (κ3) is 5.68. The van der Waals surface area contributed by atoms with Gasteiger partial charge in [-0.25, -0.2) is 15.0 Å². The topological polar surface area (TPSA) is 91.2 Å². The summed E-state index contributed by atoms with van der Waals surface area (Å²) in [5.41, 5.74) is 4.76. The van der Waals surface area contributed by atoms with Gasteiger partial charge >= 0.3 is 0 Å². The molecule has 0 unspecified atom stereocenters. The van der Waals surface area contributed by atoms with Crippen molar-refractivity contribution in [1.82, 2.24) is 24.4 Å². The van der Waals surface area contributed by atoms with Crippen molar-refractivity contribution in [3.05, 3.63) is 79.0 Å². The summed E-state index contributed by atoms with van der Waals surface area (Å²) >= 11 is 0. The van der Waals surface area contributed by atoms with Gasteiger partial charge in [-0.15, -0.1) is 0 Å². The number of rotatable bonds is 8. The molecule has 3 heterocycles. The van der Waals surface area contributed by atoms with Gasteiger partial charge in [-0.3, -0.25) is 9.69 Å². The number of hydrogen-bond donors (Lipinski definition) is 2. The molecule has 0 atom stereocenters. The minimum Gasteiger partial charge on any atom is -0.369 e. The molecule has 1 aliphatic heterocycles. The van der Waals surface area contributed by atoms with Crippen LogP contribution in [0, 0.1) is 5.92 Å². The summed E-state index contributed by atoms with van der Waals surface area (Å²) in [5, 5.41) is 6.30. The van der Waals surface area contributed by atoms with Crippen LogP contribution in [0.3, 0.4) is 0 Å². The largest absolute Gasteiger partial charge is 0.369 e. The van der Waals surface area contributed by atoms with Crippen LogP contribution in [0.25, 0.3) is 11.3 Å². The van der Waals surface area contributed by atoms with E-state index in [-0.39, 0.29) is 11.8 Å². The number of nitrogens with one attached hydrogen (secondary N) is 2. The molecule has 9 nitrogen and oxygen atoms in total. The number of amides is 1. The van der Waals surface area contributed by atoms with Gasteiger partial charge in [0.15, 0.2) is 0 Å². The zero-order chi connectivity index (χ0) is 25.9. The van der Waals surface area contributed by atoms with Crippen LogP contribution < -0.4 is 15.5 Å². The van der Waals surface area contributed by atoms with Crippen LogP contribution >= 0.6 is 0 Å². The molecular formula is C29H32N8O. The molecule has 6 rings (SSSR count). The van der Waals surface area contributed by atoms with Crippen molar-refractivity contribution in [3.8, 4) is 11.3 Å².